The topological polar surface area (TPSA) is 79.9 Å². The van der Waals surface area contributed by atoms with E-state index in [1.54, 1.807) is 0 Å². The SMILES string of the molecule is C=C(C)N=C(N=C(C)c1ccccc1)c1cccc(C)c1-c1ccccc1C.C=N/C(=N\C(=NCc1ccccc1)n1c2ccccc2c2cc3c(cc21)C(C)(C)c1c-3ccc(-c2ccccc2C)c1C)c1cccc(C)oc2ccccc2c1. The molecule has 0 bridgehead atoms. The maximum absolute atomic E-state index is 6.17. The van der Waals surface area contributed by atoms with Crippen LogP contribution in [-0.2, 0) is 12.0 Å². The van der Waals surface area contributed by atoms with Crippen LogP contribution in [0.5, 0.6) is 0 Å². The van der Waals surface area contributed by atoms with Gasteiger partial charge in [-0.3, -0.25) is 4.57 Å². The summed E-state index contributed by atoms with van der Waals surface area (Å²) in [6.07, 6.45) is 0. The van der Waals surface area contributed by atoms with Crippen LogP contribution in [0, 0.1) is 34.6 Å². The Morgan fingerprint density at radius 1 is 0.506 bits per heavy atom. The van der Waals surface area contributed by atoms with Crippen molar-refractivity contribution in [3.05, 3.63) is 298 Å². The third kappa shape index (κ3) is 11.5. The molecule has 418 valence electrons. The van der Waals surface area contributed by atoms with E-state index in [-0.39, 0.29) is 5.41 Å². The normalized spacial score (nSPS) is 13.0. The van der Waals surface area contributed by atoms with E-state index in [1.165, 1.54) is 66.8 Å². The van der Waals surface area contributed by atoms with E-state index >= 15 is 0 Å². The van der Waals surface area contributed by atoms with Gasteiger partial charge in [0.25, 0.3) is 0 Å². The quantitative estimate of drug-likeness (QED) is 0.110. The number of aromatic nitrogens is 1. The molecule has 9 aromatic carbocycles. The molecule has 0 aliphatic heterocycles. The number of hydrogen-bond acceptors (Lipinski definition) is 3. The summed E-state index contributed by atoms with van der Waals surface area (Å²) in [4.78, 5) is 24.8. The number of para-hydroxylation sites is 2. The second kappa shape index (κ2) is 24.4. The number of aryl methyl sites for hydroxylation is 4. The molecule has 0 fully saturated rings. The highest BCUT2D eigenvalue weighted by molar-refractivity contribution is 6.18. The number of benzene rings is 9. The number of nitrogens with zero attached hydrogens (tertiary/aromatic N) is 6. The van der Waals surface area contributed by atoms with Gasteiger partial charge < -0.3 is 4.42 Å². The summed E-state index contributed by atoms with van der Waals surface area (Å²) in [6, 6.07) is 77.8. The molecule has 0 saturated heterocycles. The van der Waals surface area contributed by atoms with E-state index in [2.05, 4.69) is 204 Å². The first-order valence-corrected chi connectivity index (χ1v) is 29.0. The number of amidine groups is 2. The van der Waals surface area contributed by atoms with Crippen LogP contribution in [0.3, 0.4) is 0 Å². The first-order chi connectivity index (χ1) is 41.2. The van der Waals surface area contributed by atoms with Crippen molar-refractivity contribution in [2.75, 3.05) is 0 Å². The minimum atomic E-state index is -0.255. The summed E-state index contributed by atoms with van der Waals surface area (Å²) < 4.78 is 8.38. The Balaban J connectivity index is 0.000000225. The van der Waals surface area contributed by atoms with Crippen LogP contribution in [0.25, 0.3) is 66.2 Å². The summed E-state index contributed by atoms with van der Waals surface area (Å²) in [7, 11) is 0. The molecule has 2 heterocycles. The van der Waals surface area contributed by atoms with Crippen LogP contribution in [0.4, 0.5) is 0 Å². The molecule has 7 nitrogen and oxygen atoms in total. The van der Waals surface area contributed by atoms with Gasteiger partial charge in [0, 0.05) is 44.1 Å². The molecule has 12 rings (SSSR count). The van der Waals surface area contributed by atoms with Gasteiger partial charge in [-0.05, 0) is 169 Å². The van der Waals surface area contributed by atoms with Crippen molar-refractivity contribution in [2.24, 2.45) is 25.0 Å². The van der Waals surface area contributed by atoms with Crippen molar-refractivity contribution in [3.8, 4) is 33.4 Å². The average molecular weight is 1110 g/mol. The molecule has 1 aliphatic rings. The van der Waals surface area contributed by atoms with Crippen molar-refractivity contribution in [1.29, 1.82) is 0 Å². The molecule has 1 aliphatic carbocycles. The first kappa shape index (κ1) is 56.7. The predicted molar refractivity (Wildman–Crippen MR) is 361 cm³/mol. The van der Waals surface area contributed by atoms with Gasteiger partial charge in [0.05, 0.1) is 17.6 Å². The van der Waals surface area contributed by atoms with Gasteiger partial charge in [-0.1, -0.05) is 208 Å². The van der Waals surface area contributed by atoms with Crippen molar-refractivity contribution >= 4 is 62.8 Å². The zero-order valence-corrected chi connectivity index (χ0v) is 50.1. The fourth-order valence-corrected chi connectivity index (χ4v) is 12.0. The molecule has 0 atom stereocenters. The summed E-state index contributed by atoms with van der Waals surface area (Å²) in [5.74, 6) is 2.47. The molecular weight excluding hydrogens is 1040 g/mol. The number of allylic oxidation sites excluding steroid dienone is 1. The van der Waals surface area contributed by atoms with E-state index < -0.39 is 0 Å². The number of hydrogen-bond donors (Lipinski definition) is 0. The second-order valence-corrected chi connectivity index (χ2v) is 22.5. The Hall–Kier alpha value is -10.1. The van der Waals surface area contributed by atoms with E-state index in [9.17, 15) is 0 Å². The molecule has 0 N–H and O–H groups in total. The Kier molecular flexibility index (Phi) is 16.3. The van der Waals surface area contributed by atoms with Gasteiger partial charge in [0.2, 0.25) is 5.96 Å². The van der Waals surface area contributed by atoms with E-state index in [1.807, 2.05) is 106 Å². The molecule has 11 aromatic rings. The van der Waals surface area contributed by atoms with Crippen LogP contribution in [-0.4, -0.2) is 34.6 Å². The third-order valence-electron chi connectivity index (χ3n) is 16.2. The van der Waals surface area contributed by atoms with Gasteiger partial charge >= 0.3 is 0 Å². The zero-order chi connectivity index (χ0) is 59.4. The Morgan fingerprint density at radius 2 is 1.13 bits per heavy atom. The fourth-order valence-electron chi connectivity index (χ4n) is 12.0. The van der Waals surface area contributed by atoms with Gasteiger partial charge in [-0.15, -0.1) is 0 Å². The van der Waals surface area contributed by atoms with E-state index in [0.717, 1.165) is 72.2 Å². The van der Waals surface area contributed by atoms with Gasteiger partial charge in [0.15, 0.2) is 11.7 Å². The van der Waals surface area contributed by atoms with Crippen LogP contribution in [0.15, 0.2) is 266 Å². The lowest BCUT2D eigenvalue weighted by molar-refractivity contribution is 0.569. The molecule has 85 heavy (non-hydrogen) atoms. The van der Waals surface area contributed by atoms with Crippen LogP contribution >= 0.6 is 0 Å². The predicted octanol–water partition coefficient (Wildman–Crippen LogP) is 19.9. The third-order valence-corrected chi connectivity index (χ3v) is 16.2. The van der Waals surface area contributed by atoms with Crippen molar-refractivity contribution in [1.82, 2.24) is 4.57 Å². The van der Waals surface area contributed by atoms with Crippen molar-refractivity contribution in [3.63, 3.8) is 0 Å². The van der Waals surface area contributed by atoms with Crippen molar-refractivity contribution < 1.29 is 4.42 Å². The Morgan fingerprint density at radius 3 is 1.86 bits per heavy atom. The number of fused-ring (bicyclic) bond motifs is 7. The molecule has 0 radical (unpaired) electrons. The minimum Gasteiger partial charge on any atom is -0.461 e. The largest absolute Gasteiger partial charge is 0.461 e. The molecule has 0 spiro atoms. The maximum atomic E-state index is 6.17. The lowest BCUT2D eigenvalue weighted by Gasteiger charge is -2.25. The smallest absolute Gasteiger partial charge is 0.232 e. The summed E-state index contributed by atoms with van der Waals surface area (Å²) >= 11 is 0. The van der Waals surface area contributed by atoms with Gasteiger partial charge in [0.1, 0.15) is 11.3 Å². The summed E-state index contributed by atoms with van der Waals surface area (Å²) in [5, 5.41) is 3.21. The lowest BCUT2D eigenvalue weighted by atomic mass is 9.78. The Labute approximate surface area is 499 Å². The maximum Gasteiger partial charge on any atom is 0.232 e. The monoisotopic (exact) mass is 1110 g/mol. The molecule has 0 amide bonds. The molecule has 0 saturated carbocycles. The lowest BCUT2D eigenvalue weighted by Crippen LogP contribution is -2.17. The molecule has 0 unspecified atom stereocenters. The van der Waals surface area contributed by atoms with E-state index in [4.69, 9.17) is 24.4 Å². The van der Waals surface area contributed by atoms with Gasteiger partial charge in [-0.2, -0.15) is 4.99 Å². The molecule has 7 heteroatoms. The highest BCUT2D eigenvalue weighted by atomic mass is 16.3. The summed E-state index contributed by atoms with van der Waals surface area (Å²) in [5.41, 5.74) is 23.4. The fraction of sp³-hybridized carbons (Fsp3) is 0.141. The zero-order valence-electron chi connectivity index (χ0n) is 50.1. The minimum absolute atomic E-state index is 0.255. The summed E-state index contributed by atoms with van der Waals surface area (Å²) in [6.45, 7) is 27.8. The average Bonchev–Trinajstić information content (AvgIpc) is 1.60. The molecular formula is C78H70N6O. The number of aliphatic imine (C=N–C) groups is 5. The Bertz CT molecular complexity index is 4580. The second-order valence-electron chi connectivity index (χ2n) is 22.5. The van der Waals surface area contributed by atoms with Crippen LogP contribution in [0.2, 0.25) is 0 Å². The highest BCUT2D eigenvalue weighted by Crippen LogP contribution is 2.53. The first-order valence-electron chi connectivity index (χ1n) is 29.0. The molecule has 2 aromatic heterocycles. The van der Waals surface area contributed by atoms with E-state index in [0.29, 0.717) is 24.2 Å². The van der Waals surface area contributed by atoms with Crippen LogP contribution in [0.1, 0.15) is 89.1 Å². The van der Waals surface area contributed by atoms with Gasteiger partial charge in [-0.25, -0.2) is 20.0 Å². The highest BCUT2D eigenvalue weighted by Gasteiger charge is 2.38. The van der Waals surface area contributed by atoms with Crippen LogP contribution < -0.4 is 0 Å². The standard InChI is InChI=1S/C52H44N4O.C26H26N2/c1-33-17-10-12-23-39(33)40-27-28-42-43-30-44-41-24-13-14-25-46(41)56(47(44)31-45(43)52(4,5)49(42)35(40)3)51(54-32-36-19-8-7-9-20-36)55-50(53-6)38-22-16-18-34(2)57-48-26-15-11-21-37(48)29-38;1-18(2)27-26(28-21(5)22-14-7-6-8-15-22)24-17-11-13-20(4)25(24)23-16-10-9-12-19(23)3/h7-31H,6,32H2,1-5H3;6-17H,1H2,2-5H3/b22-16?,34-18?,38-29?,54-51?,55-50-;. The number of rotatable bonds is 8. The van der Waals surface area contributed by atoms with Crippen molar-refractivity contribution in [2.45, 2.75) is 74.3 Å².